The molecule has 0 atom stereocenters. The van der Waals surface area contributed by atoms with Crippen LogP contribution in [0.25, 0.3) is 0 Å². The Morgan fingerprint density at radius 2 is 2.00 bits per heavy atom. The molecule has 1 aromatic rings. The fourth-order valence-corrected chi connectivity index (χ4v) is 1.26. The molecular weight excluding hydrogens is 201 g/mol. The third-order valence-corrected chi connectivity index (χ3v) is 1.87. The normalized spacial score (nSPS) is 10.9. The van der Waals surface area contributed by atoms with Crippen LogP contribution in [0.1, 0.15) is 4.88 Å². The van der Waals surface area contributed by atoms with E-state index in [0.29, 0.717) is 0 Å². The van der Waals surface area contributed by atoms with Crippen molar-refractivity contribution in [2.45, 2.75) is 6.92 Å². The zero-order valence-electron chi connectivity index (χ0n) is 6.14. The van der Waals surface area contributed by atoms with Crippen molar-refractivity contribution in [2.24, 2.45) is 0 Å². The quantitative estimate of drug-likeness (QED) is 0.509. The van der Waals surface area contributed by atoms with E-state index >= 15 is 0 Å². The maximum absolute atomic E-state index is 11.9. The zero-order valence-corrected chi connectivity index (χ0v) is 10.1. The van der Waals surface area contributed by atoms with Crippen molar-refractivity contribution in [1.29, 1.82) is 0 Å². The number of aryl methyl sites for hydroxylation is 1. The summed E-state index contributed by atoms with van der Waals surface area (Å²) in [6, 6.07) is 0. The molecule has 0 aromatic carbocycles. The fraction of sp³-hybridized carbons (Fsp3) is 0.250. The molecule has 11 heavy (non-hydrogen) atoms. The molecule has 1 heterocycles. The minimum Gasteiger partial charge on any atom is -0.444 e. The molecule has 0 aliphatic rings. The zero-order chi connectivity index (χ0) is 7.78. The Morgan fingerprint density at radius 1 is 1.45 bits per heavy atom. The van der Waals surface area contributed by atoms with E-state index in [1.54, 1.807) is 0 Å². The van der Waals surface area contributed by atoms with E-state index in [-0.39, 0.29) is 56.3 Å². The van der Waals surface area contributed by atoms with Crippen LogP contribution in [0.2, 0.25) is 0 Å². The maximum atomic E-state index is 11.9. The fourth-order valence-electron chi connectivity index (χ4n) is 0.628. The van der Waals surface area contributed by atoms with Crippen LogP contribution in [-0.4, -0.2) is 12.0 Å². The summed E-state index contributed by atoms with van der Waals surface area (Å²) in [5, 5.41) is 0. The minimum atomic E-state index is -4.89. The van der Waals surface area contributed by atoms with Gasteiger partial charge in [-0.1, -0.05) is 0 Å². The van der Waals surface area contributed by atoms with E-state index in [9.17, 15) is 12.9 Å². The standard InChI is InChI=1S/C4H4BF3NS.K/c1-3-4(5(6,7)8)9-2-10-3;/h2H,1H3;/q-1;+1. The topological polar surface area (TPSA) is 12.9 Å². The summed E-state index contributed by atoms with van der Waals surface area (Å²) in [5.41, 5.74) is 0.505. The number of halogens is 3. The van der Waals surface area contributed by atoms with Gasteiger partial charge in [-0.15, -0.1) is 11.3 Å². The van der Waals surface area contributed by atoms with Crippen LogP contribution >= 0.6 is 11.3 Å². The molecule has 1 nitrogen and oxygen atoms in total. The van der Waals surface area contributed by atoms with Gasteiger partial charge < -0.3 is 12.9 Å². The predicted molar refractivity (Wildman–Crippen MR) is 35.6 cm³/mol. The summed E-state index contributed by atoms with van der Waals surface area (Å²) in [6.07, 6.45) is 0. The van der Waals surface area contributed by atoms with Crippen LogP contribution < -0.4 is 57.0 Å². The summed E-state index contributed by atoms with van der Waals surface area (Å²) in [4.78, 5) is 3.45. The molecule has 1 aromatic heterocycles. The van der Waals surface area contributed by atoms with Gasteiger partial charge in [0, 0.05) is 0 Å². The summed E-state index contributed by atoms with van der Waals surface area (Å²) in [7, 11) is 0. The van der Waals surface area contributed by atoms with Crippen molar-refractivity contribution in [3.8, 4) is 0 Å². The van der Waals surface area contributed by atoms with Gasteiger partial charge >= 0.3 is 58.4 Å². The Morgan fingerprint density at radius 3 is 2.18 bits per heavy atom. The van der Waals surface area contributed by atoms with Crippen molar-refractivity contribution >= 4 is 23.9 Å². The van der Waals surface area contributed by atoms with E-state index in [4.69, 9.17) is 0 Å². The summed E-state index contributed by atoms with van der Waals surface area (Å²) >= 11 is 1.02. The first kappa shape index (κ1) is 12.1. The van der Waals surface area contributed by atoms with Crippen LogP contribution in [0.15, 0.2) is 5.51 Å². The third kappa shape index (κ3) is 3.16. The molecule has 0 fully saturated rings. The van der Waals surface area contributed by atoms with E-state index < -0.39 is 12.6 Å². The average molecular weight is 205 g/mol. The number of thiazole rings is 1. The van der Waals surface area contributed by atoms with Gasteiger partial charge in [-0.05, 0) is 17.4 Å². The van der Waals surface area contributed by atoms with Crippen molar-refractivity contribution < 1.29 is 64.3 Å². The number of rotatable bonds is 1. The summed E-state index contributed by atoms with van der Waals surface area (Å²) in [6.45, 7) is -3.47. The van der Waals surface area contributed by atoms with Gasteiger partial charge in [-0.25, -0.2) is 0 Å². The second-order valence-electron chi connectivity index (χ2n) is 1.87. The summed E-state index contributed by atoms with van der Waals surface area (Å²) in [5.74, 6) is 0. The predicted octanol–water partition coefficient (Wildman–Crippen LogP) is -1.49. The van der Waals surface area contributed by atoms with Crippen LogP contribution in [0.4, 0.5) is 12.9 Å². The average Bonchev–Trinajstić information content (AvgIpc) is 2.11. The molecule has 0 aliphatic carbocycles. The van der Waals surface area contributed by atoms with E-state index in [1.807, 2.05) is 0 Å². The Balaban J connectivity index is 0.000001000. The second-order valence-corrected chi connectivity index (χ2v) is 2.93. The molecule has 0 N–H and O–H groups in total. The Kier molecular flexibility index (Phi) is 4.83. The molecule has 0 bridgehead atoms. The largest absolute Gasteiger partial charge is 1.00 e. The molecule has 0 spiro atoms. The van der Waals surface area contributed by atoms with Crippen LogP contribution in [-0.2, 0) is 0 Å². The maximum Gasteiger partial charge on any atom is 1.00 e. The smallest absolute Gasteiger partial charge is 0.444 e. The van der Waals surface area contributed by atoms with Crippen LogP contribution in [0.3, 0.4) is 0 Å². The van der Waals surface area contributed by atoms with Gasteiger partial charge in [0.1, 0.15) is 0 Å². The van der Waals surface area contributed by atoms with Gasteiger partial charge in [0.05, 0.1) is 5.51 Å². The van der Waals surface area contributed by atoms with Gasteiger partial charge in [0.25, 0.3) is 0 Å². The van der Waals surface area contributed by atoms with Crippen LogP contribution in [0, 0.1) is 6.92 Å². The van der Waals surface area contributed by atoms with E-state index in [1.165, 1.54) is 12.4 Å². The van der Waals surface area contributed by atoms with Gasteiger partial charge in [-0.2, -0.15) is 0 Å². The first-order chi connectivity index (χ1) is 4.52. The third-order valence-electron chi connectivity index (χ3n) is 1.09. The minimum absolute atomic E-state index is 0. The summed E-state index contributed by atoms with van der Waals surface area (Å²) < 4.78 is 35.7. The van der Waals surface area contributed by atoms with E-state index in [2.05, 4.69) is 4.98 Å². The molecule has 0 unspecified atom stereocenters. The van der Waals surface area contributed by atoms with Crippen molar-refractivity contribution in [1.82, 2.24) is 4.98 Å². The molecule has 0 radical (unpaired) electrons. The van der Waals surface area contributed by atoms with E-state index in [0.717, 1.165) is 11.3 Å². The SMILES string of the molecule is Cc1scnc1[B-](F)(F)F.[K+]. The molecule has 56 valence electrons. The number of nitrogens with zero attached hydrogens (tertiary/aromatic N) is 1. The van der Waals surface area contributed by atoms with Gasteiger partial charge in [0.2, 0.25) is 0 Å². The molecule has 0 saturated heterocycles. The monoisotopic (exact) mass is 205 g/mol. The number of aromatic nitrogens is 1. The van der Waals surface area contributed by atoms with Gasteiger partial charge in [-0.3, -0.25) is 4.98 Å². The number of hydrogen-bond donors (Lipinski definition) is 0. The van der Waals surface area contributed by atoms with Crippen LogP contribution in [0.5, 0.6) is 0 Å². The molecule has 0 aliphatic heterocycles. The first-order valence-corrected chi connectivity index (χ1v) is 3.49. The number of hydrogen-bond acceptors (Lipinski definition) is 2. The Bertz CT molecular complexity index is 235. The molecule has 0 amide bonds. The Labute approximate surface area is 109 Å². The molecule has 0 saturated carbocycles. The Hall–Kier alpha value is 1.12. The van der Waals surface area contributed by atoms with Crippen molar-refractivity contribution in [3.63, 3.8) is 0 Å². The molecule has 1 rings (SSSR count). The molecular formula is C4H4BF3KNS. The molecule has 7 heteroatoms. The second kappa shape index (κ2) is 4.38. The van der Waals surface area contributed by atoms with Crippen molar-refractivity contribution in [3.05, 3.63) is 10.4 Å². The first-order valence-electron chi connectivity index (χ1n) is 2.61. The van der Waals surface area contributed by atoms with Gasteiger partial charge in [0.15, 0.2) is 0 Å². The van der Waals surface area contributed by atoms with Crippen molar-refractivity contribution in [2.75, 3.05) is 0 Å².